The van der Waals surface area contributed by atoms with E-state index < -0.39 is 17.7 Å². The number of amides is 1. The van der Waals surface area contributed by atoms with Crippen LogP contribution in [0.2, 0.25) is 0 Å². The van der Waals surface area contributed by atoms with Crippen molar-refractivity contribution in [3.8, 4) is 34.5 Å². The molecule has 3 aliphatic heterocycles. The number of carbonyl (C=O) groups is 2. The zero-order chi connectivity index (χ0) is 26.4. The molecule has 10 nitrogen and oxygen atoms in total. The van der Waals surface area contributed by atoms with Gasteiger partial charge in [-0.15, -0.1) is 0 Å². The van der Waals surface area contributed by atoms with E-state index in [9.17, 15) is 14.7 Å². The number of hydrogen-bond donors (Lipinski definition) is 1. The number of anilines is 1. The Morgan fingerprint density at radius 3 is 2.29 bits per heavy atom. The predicted molar refractivity (Wildman–Crippen MR) is 134 cm³/mol. The number of ether oxygens (including phenoxy) is 6. The van der Waals surface area contributed by atoms with Gasteiger partial charge in [-0.05, 0) is 48.0 Å². The number of Topliss-reactive ketones (excluding diaryl/α,β-unsaturated/α-hetero) is 1. The fourth-order valence-corrected chi connectivity index (χ4v) is 4.82. The van der Waals surface area contributed by atoms with E-state index in [-0.39, 0.29) is 18.1 Å². The van der Waals surface area contributed by atoms with Crippen LogP contribution in [0.15, 0.2) is 60.2 Å². The van der Waals surface area contributed by atoms with Crippen LogP contribution < -0.4 is 33.3 Å². The van der Waals surface area contributed by atoms with Gasteiger partial charge < -0.3 is 33.5 Å². The van der Waals surface area contributed by atoms with Gasteiger partial charge in [-0.1, -0.05) is 6.07 Å². The van der Waals surface area contributed by atoms with E-state index in [0.29, 0.717) is 64.5 Å². The van der Waals surface area contributed by atoms with Gasteiger partial charge in [0.15, 0.2) is 34.5 Å². The lowest BCUT2D eigenvalue weighted by Gasteiger charge is -2.26. The van der Waals surface area contributed by atoms with Crippen LogP contribution in [0, 0.1) is 0 Å². The Hall–Kier alpha value is -4.86. The number of benzene rings is 3. The second-order valence-corrected chi connectivity index (χ2v) is 8.68. The number of hydrogen-bond acceptors (Lipinski definition) is 9. The summed E-state index contributed by atoms with van der Waals surface area (Å²) in [7, 11) is 3.00. The van der Waals surface area contributed by atoms with E-state index in [0.717, 1.165) is 0 Å². The molecule has 3 aliphatic rings. The largest absolute Gasteiger partial charge is 0.507 e. The maximum atomic E-state index is 13.5. The fourth-order valence-electron chi connectivity index (χ4n) is 4.82. The number of fused-ring (bicyclic) bond motifs is 2. The van der Waals surface area contributed by atoms with Crippen LogP contribution >= 0.6 is 0 Å². The van der Waals surface area contributed by atoms with E-state index in [1.54, 1.807) is 54.6 Å². The highest BCUT2D eigenvalue weighted by Crippen LogP contribution is 2.46. The van der Waals surface area contributed by atoms with E-state index in [2.05, 4.69) is 0 Å². The molecular formula is C28H23NO9. The summed E-state index contributed by atoms with van der Waals surface area (Å²) in [5.74, 6) is 0.842. The lowest BCUT2D eigenvalue weighted by Crippen LogP contribution is -2.29. The van der Waals surface area contributed by atoms with Crippen molar-refractivity contribution in [1.29, 1.82) is 0 Å². The van der Waals surface area contributed by atoms with Crippen molar-refractivity contribution in [2.75, 3.05) is 39.1 Å². The number of nitrogens with zero attached hydrogens (tertiary/aromatic N) is 1. The number of aliphatic hydroxyl groups is 1. The molecule has 1 unspecified atom stereocenters. The molecule has 1 atom stereocenters. The number of rotatable bonds is 5. The summed E-state index contributed by atoms with van der Waals surface area (Å²) >= 11 is 0. The molecule has 38 heavy (non-hydrogen) atoms. The van der Waals surface area contributed by atoms with Crippen molar-refractivity contribution < 1.29 is 43.1 Å². The molecule has 194 valence electrons. The van der Waals surface area contributed by atoms with E-state index in [4.69, 9.17) is 28.4 Å². The average Bonchev–Trinajstić information content (AvgIpc) is 3.53. The highest BCUT2D eigenvalue weighted by molar-refractivity contribution is 6.51. The van der Waals surface area contributed by atoms with Gasteiger partial charge in [0.25, 0.3) is 11.7 Å². The topological polar surface area (TPSA) is 113 Å². The predicted octanol–water partition coefficient (Wildman–Crippen LogP) is 3.83. The summed E-state index contributed by atoms with van der Waals surface area (Å²) in [4.78, 5) is 28.3. The summed E-state index contributed by atoms with van der Waals surface area (Å²) in [5.41, 5.74) is 1.15. The van der Waals surface area contributed by atoms with Crippen molar-refractivity contribution in [3.05, 3.63) is 71.3 Å². The molecule has 3 aromatic rings. The van der Waals surface area contributed by atoms with Gasteiger partial charge in [-0.25, -0.2) is 0 Å². The minimum absolute atomic E-state index is 0.0564. The quantitative estimate of drug-likeness (QED) is 0.306. The number of methoxy groups -OCH3 is 2. The molecule has 0 spiro atoms. The first-order valence-corrected chi connectivity index (χ1v) is 11.8. The summed E-state index contributed by atoms with van der Waals surface area (Å²) in [6.45, 7) is 0.830. The normalized spacial score (nSPS) is 19.0. The van der Waals surface area contributed by atoms with Crippen LogP contribution in [0.1, 0.15) is 17.2 Å². The standard InChI is InChI=1S/C28H23NO9/c1-33-18-6-3-15(11-21(18)34-2)25-24(26(30)16-4-7-19-22(12-16)36-10-9-35-19)27(31)28(32)29(25)17-5-8-20-23(13-17)38-14-37-20/h3-8,11-13,25,30H,9-10,14H2,1-2H3/b26-24+. The summed E-state index contributed by atoms with van der Waals surface area (Å²) in [6.07, 6.45) is 0. The minimum Gasteiger partial charge on any atom is -0.507 e. The van der Waals surface area contributed by atoms with Gasteiger partial charge >= 0.3 is 0 Å². The summed E-state index contributed by atoms with van der Waals surface area (Å²) in [6, 6.07) is 13.9. The molecule has 0 aromatic heterocycles. The second kappa shape index (κ2) is 9.22. The Balaban J connectivity index is 1.54. The third-order valence-electron chi connectivity index (χ3n) is 6.62. The van der Waals surface area contributed by atoms with Gasteiger partial charge in [0, 0.05) is 17.3 Å². The lowest BCUT2D eigenvalue weighted by molar-refractivity contribution is -0.132. The molecular weight excluding hydrogens is 494 g/mol. The van der Waals surface area contributed by atoms with Crippen molar-refractivity contribution in [3.63, 3.8) is 0 Å². The maximum absolute atomic E-state index is 13.5. The SMILES string of the molecule is COc1ccc(C2/C(=C(\O)c3ccc4c(c3)OCCO4)C(=O)C(=O)N2c2ccc3c(c2)OCO3)cc1OC. The fraction of sp³-hybridized carbons (Fsp3) is 0.214. The second-order valence-electron chi connectivity index (χ2n) is 8.68. The van der Waals surface area contributed by atoms with Gasteiger partial charge in [-0.2, -0.15) is 0 Å². The molecule has 10 heteroatoms. The molecule has 1 saturated heterocycles. The van der Waals surface area contributed by atoms with Gasteiger partial charge in [0.05, 0.1) is 25.8 Å². The van der Waals surface area contributed by atoms with Crippen molar-refractivity contribution in [2.24, 2.45) is 0 Å². The smallest absolute Gasteiger partial charge is 0.300 e. The van der Waals surface area contributed by atoms with Crippen molar-refractivity contribution in [1.82, 2.24) is 0 Å². The molecule has 1 fully saturated rings. The molecule has 0 radical (unpaired) electrons. The zero-order valence-corrected chi connectivity index (χ0v) is 20.6. The number of ketones is 1. The average molecular weight is 517 g/mol. The Labute approximate surface area is 217 Å². The Bertz CT molecular complexity index is 1500. The highest BCUT2D eigenvalue weighted by Gasteiger charge is 2.47. The highest BCUT2D eigenvalue weighted by atomic mass is 16.7. The summed E-state index contributed by atoms with van der Waals surface area (Å²) < 4.78 is 33.0. The monoisotopic (exact) mass is 517 g/mol. The third-order valence-corrected chi connectivity index (χ3v) is 6.62. The molecule has 0 saturated carbocycles. The van der Waals surface area contributed by atoms with Crippen LogP contribution in [-0.4, -0.2) is 51.0 Å². The Morgan fingerprint density at radius 2 is 1.50 bits per heavy atom. The van der Waals surface area contributed by atoms with Crippen LogP contribution in [0.3, 0.4) is 0 Å². The van der Waals surface area contributed by atoms with Crippen molar-refractivity contribution >= 4 is 23.1 Å². The van der Waals surface area contributed by atoms with Crippen LogP contribution in [0.25, 0.3) is 5.76 Å². The van der Waals surface area contributed by atoms with Crippen LogP contribution in [0.4, 0.5) is 5.69 Å². The minimum atomic E-state index is -0.983. The molecule has 3 heterocycles. The molecule has 1 N–H and O–H groups in total. The number of carbonyl (C=O) groups excluding carboxylic acids is 2. The first-order valence-electron chi connectivity index (χ1n) is 11.8. The Morgan fingerprint density at radius 1 is 0.816 bits per heavy atom. The zero-order valence-electron chi connectivity index (χ0n) is 20.6. The third kappa shape index (κ3) is 3.73. The van der Waals surface area contributed by atoms with Gasteiger partial charge in [0.2, 0.25) is 6.79 Å². The molecule has 1 amide bonds. The molecule has 6 rings (SSSR count). The lowest BCUT2D eigenvalue weighted by atomic mass is 9.94. The van der Waals surface area contributed by atoms with Crippen molar-refractivity contribution in [2.45, 2.75) is 6.04 Å². The molecule has 3 aromatic carbocycles. The molecule has 0 bridgehead atoms. The van der Waals surface area contributed by atoms with Gasteiger partial charge in [0.1, 0.15) is 19.0 Å². The Kier molecular flexibility index (Phi) is 5.71. The van der Waals surface area contributed by atoms with E-state index >= 15 is 0 Å². The van der Waals surface area contributed by atoms with Gasteiger partial charge in [-0.3, -0.25) is 14.5 Å². The maximum Gasteiger partial charge on any atom is 0.300 e. The molecule has 0 aliphatic carbocycles. The van der Waals surface area contributed by atoms with E-state index in [1.165, 1.54) is 19.1 Å². The van der Waals surface area contributed by atoms with Crippen LogP contribution in [0.5, 0.6) is 34.5 Å². The number of aliphatic hydroxyl groups excluding tert-OH is 1. The van der Waals surface area contributed by atoms with Crippen LogP contribution in [-0.2, 0) is 9.59 Å². The summed E-state index contributed by atoms with van der Waals surface area (Å²) in [5, 5.41) is 11.5. The first-order chi connectivity index (χ1) is 18.5. The van der Waals surface area contributed by atoms with E-state index in [1.807, 2.05) is 0 Å². The first kappa shape index (κ1) is 23.5.